The van der Waals surface area contributed by atoms with Crippen LogP contribution >= 0.6 is 0 Å². The summed E-state index contributed by atoms with van der Waals surface area (Å²) in [5.74, 6) is 0. The van der Waals surface area contributed by atoms with Gasteiger partial charge in [-0.1, -0.05) is 0 Å². The minimum absolute atomic E-state index is 0.797. The highest BCUT2D eigenvalue weighted by molar-refractivity contribution is 4.99. The van der Waals surface area contributed by atoms with Gasteiger partial charge in [0.1, 0.15) is 0 Å². The molecule has 5 heteroatoms. The summed E-state index contributed by atoms with van der Waals surface area (Å²) >= 11 is 0. The number of imidazole rings is 1. The minimum Gasteiger partial charge on any atom is -0.337 e. The molecule has 0 bridgehead atoms. The lowest BCUT2D eigenvalue weighted by Gasteiger charge is -2.03. The molecule has 0 aliphatic heterocycles. The molecule has 2 heterocycles. The minimum atomic E-state index is 0.797. The SMILES string of the molecule is Cn1cncc1CNCc1ccn[nH]1. The van der Waals surface area contributed by atoms with Crippen molar-refractivity contribution in [2.45, 2.75) is 13.1 Å². The van der Waals surface area contributed by atoms with Crippen molar-refractivity contribution in [3.8, 4) is 0 Å². The molecule has 0 aliphatic carbocycles. The topological polar surface area (TPSA) is 58.5 Å². The summed E-state index contributed by atoms with van der Waals surface area (Å²) in [6.07, 6.45) is 5.41. The van der Waals surface area contributed by atoms with Gasteiger partial charge in [0.25, 0.3) is 0 Å². The summed E-state index contributed by atoms with van der Waals surface area (Å²) in [5, 5.41) is 10.1. The largest absolute Gasteiger partial charge is 0.337 e. The second kappa shape index (κ2) is 4.06. The molecule has 2 aromatic heterocycles. The smallest absolute Gasteiger partial charge is 0.0945 e. The van der Waals surface area contributed by atoms with Gasteiger partial charge in [0, 0.05) is 38.2 Å². The molecule has 0 radical (unpaired) electrons. The van der Waals surface area contributed by atoms with E-state index in [1.54, 1.807) is 12.5 Å². The number of nitrogens with zero attached hydrogens (tertiary/aromatic N) is 3. The fourth-order valence-electron chi connectivity index (χ4n) is 1.26. The Morgan fingerprint density at radius 2 is 2.43 bits per heavy atom. The van der Waals surface area contributed by atoms with Gasteiger partial charge < -0.3 is 9.88 Å². The number of aromatic amines is 1. The zero-order chi connectivity index (χ0) is 9.80. The molecule has 74 valence electrons. The van der Waals surface area contributed by atoms with Crippen molar-refractivity contribution >= 4 is 0 Å². The van der Waals surface area contributed by atoms with Crippen molar-refractivity contribution in [3.63, 3.8) is 0 Å². The first-order valence-electron chi connectivity index (χ1n) is 4.50. The first-order chi connectivity index (χ1) is 6.86. The summed E-state index contributed by atoms with van der Waals surface area (Å²) in [7, 11) is 1.99. The van der Waals surface area contributed by atoms with E-state index in [0.717, 1.165) is 18.8 Å². The molecule has 2 aromatic rings. The van der Waals surface area contributed by atoms with Crippen LogP contribution in [0, 0.1) is 0 Å². The number of H-pyrrole nitrogens is 1. The molecule has 0 aliphatic rings. The van der Waals surface area contributed by atoms with Gasteiger partial charge in [-0.2, -0.15) is 5.10 Å². The van der Waals surface area contributed by atoms with Gasteiger partial charge in [0.2, 0.25) is 0 Å². The molecule has 14 heavy (non-hydrogen) atoms. The normalized spacial score (nSPS) is 10.6. The van der Waals surface area contributed by atoms with E-state index in [4.69, 9.17) is 0 Å². The number of aryl methyl sites for hydroxylation is 1. The highest BCUT2D eigenvalue weighted by atomic mass is 15.1. The van der Waals surface area contributed by atoms with Crippen LogP contribution in [0.5, 0.6) is 0 Å². The summed E-state index contributed by atoms with van der Waals surface area (Å²) < 4.78 is 2.00. The molecule has 0 spiro atoms. The van der Waals surface area contributed by atoms with Crippen LogP contribution in [0.25, 0.3) is 0 Å². The van der Waals surface area contributed by atoms with E-state index in [1.807, 2.05) is 23.9 Å². The predicted octanol–water partition coefficient (Wildman–Crippen LogP) is 0.433. The van der Waals surface area contributed by atoms with E-state index >= 15 is 0 Å². The van der Waals surface area contributed by atoms with Crippen LogP contribution in [-0.4, -0.2) is 19.7 Å². The van der Waals surface area contributed by atoms with E-state index in [2.05, 4.69) is 20.5 Å². The lowest BCUT2D eigenvalue weighted by Crippen LogP contribution is -2.14. The van der Waals surface area contributed by atoms with Crippen LogP contribution in [0.3, 0.4) is 0 Å². The Morgan fingerprint density at radius 3 is 3.07 bits per heavy atom. The number of rotatable bonds is 4. The Hall–Kier alpha value is -1.62. The van der Waals surface area contributed by atoms with Gasteiger partial charge in [-0.15, -0.1) is 0 Å². The van der Waals surface area contributed by atoms with E-state index in [0.29, 0.717) is 0 Å². The van der Waals surface area contributed by atoms with E-state index in [1.165, 1.54) is 5.69 Å². The highest BCUT2D eigenvalue weighted by Gasteiger charge is 1.97. The lowest BCUT2D eigenvalue weighted by atomic mass is 10.4. The van der Waals surface area contributed by atoms with Gasteiger partial charge in [-0.05, 0) is 6.07 Å². The zero-order valence-corrected chi connectivity index (χ0v) is 8.07. The van der Waals surface area contributed by atoms with Gasteiger partial charge in [-0.3, -0.25) is 5.10 Å². The number of nitrogens with one attached hydrogen (secondary N) is 2. The van der Waals surface area contributed by atoms with Crippen LogP contribution in [0.4, 0.5) is 0 Å². The molecule has 2 N–H and O–H groups in total. The molecule has 2 rings (SSSR count). The van der Waals surface area contributed by atoms with Crippen LogP contribution < -0.4 is 5.32 Å². The Morgan fingerprint density at radius 1 is 1.50 bits per heavy atom. The van der Waals surface area contributed by atoms with Gasteiger partial charge >= 0.3 is 0 Å². The Labute approximate surface area is 82.2 Å². The Balaban J connectivity index is 1.81. The number of hydrogen-bond donors (Lipinski definition) is 2. The molecule has 0 amide bonds. The average Bonchev–Trinajstić information content (AvgIpc) is 2.78. The maximum Gasteiger partial charge on any atom is 0.0945 e. The average molecular weight is 191 g/mol. The zero-order valence-electron chi connectivity index (χ0n) is 8.07. The third kappa shape index (κ3) is 2.00. The van der Waals surface area contributed by atoms with E-state index < -0.39 is 0 Å². The predicted molar refractivity (Wildman–Crippen MR) is 52.3 cm³/mol. The maximum atomic E-state index is 4.04. The van der Waals surface area contributed by atoms with Gasteiger partial charge in [0.15, 0.2) is 0 Å². The molecule has 0 saturated carbocycles. The van der Waals surface area contributed by atoms with Crippen molar-refractivity contribution in [1.82, 2.24) is 25.1 Å². The molecule has 0 atom stereocenters. The fraction of sp³-hybridized carbons (Fsp3) is 0.333. The highest BCUT2D eigenvalue weighted by Crippen LogP contribution is 1.96. The molecule has 0 unspecified atom stereocenters. The third-order valence-electron chi connectivity index (χ3n) is 2.10. The Kier molecular flexibility index (Phi) is 2.60. The van der Waals surface area contributed by atoms with Crippen molar-refractivity contribution in [1.29, 1.82) is 0 Å². The molecule has 5 nitrogen and oxygen atoms in total. The summed E-state index contributed by atoms with van der Waals surface area (Å²) in [4.78, 5) is 4.04. The molecular weight excluding hydrogens is 178 g/mol. The van der Waals surface area contributed by atoms with Gasteiger partial charge in [-0.25, -0.2) is 4.98 Å². The maximum absolute atomic E-state index is 4.04. The third-order valence-corrected chi connectivity index (χ3v) is 2.10. The summed E-state index contributed by atoms with van der Waals surface area (Å²) in [6.45, 7) is 1.61. The quantitative estimate of drug-likeness (QED) is 0.737. The van der Waals surface area contributed by atoms with Crippen molar-refractivity contribution in [2.24, 2.45) is 7.05 Å². The van der Waals surface area contributed by atoms with Crippen LogP contribution in [0.1, 0.15) is 11.4 Å². The van der Waals surface area contributed by atoms with Crippen LogP contribution in [-0.2, 0) is 20.1 Å². The summed E-state index contributed by atoms with van der Waals surface area (Å²) in [6, 6.07) is 1.95. The first-order valence-corrected chi connectivity index (χ1v) is 4.50. The second-order valence-electron chi connectivity index (χ2n) is 3.18. The lowest BCUT2D eigenvalue weighted by molar-refractivity contribution is 0.644. The van der Waals surface area contributed by atoms with Crippen molar-refractivity contribution in [3.05, 3.63) is 36.2 Å². The number of aromatic nitrogens is 4. The van der Waals surface area contributed by atoms with Crippen molar-refractivity contribution < 1.29 is 0 Å². The first kappa shape index (κ1) is 8.96. The van der Waals surface area contributed by atoms with E-state index in [-0.39, 0.29) is 0 Å². The van der Waals surface area contributed by atoms with Gasteiger partial charge in [0.05, 0.1) is 12.0 Å². The fourth-order valence-corrected chi connectivity index (χ4v) is 1.26. The van der Waals surface area contributed by atoms with E-state index in [9.17, 15) is 0 Å². The van der Waals surface area contributed by atoms with Crippen molar-refractivity contribution in [2.75, 3.05) is 0 Å². The second-order valence-corrected chi connectivity index (χ2v) is 3.18. The molecule has 0 fully saturated rings. The summed E-state index contributed by atoms with van der Waals surface area (Å²) in [5.41, 5.74) is 2.26. The Bertz CT molecular complexity index is 376. The molecule has 0 aromatic carbocycles. The molecule has 0 saturated heterocycles. The standard InChI is InChI=1S/C9H13N5/c1-14-7-11-6-9(14)5-10-4-8-2-3-12-13-8/h2-3,6-7,10H,4-5H2,1H3,(H,12,13). The number of hydrogen-bond acceptors (Lipinski definition) is 3. The van der Waals surface area contributed by atoms with Crippen LogP contribution in [0.15, 0.2) is 24.8 Å². The van der Waals surface area contributed by atoms with Crippen LogP contribution in [0.2, 0.25) is 0 Å². The molecular formula is C9H13N5. The monoisotopic (exact) mass is 191 g/mol.